The highest BCUT2D eigenvalue weighted by molar-refractivity contribution is 9.08. The number of hydrogen-bond acceptors (Lipinski definition) is 4. The number of nitrogens with zero attached hydrogens (tertiary/aromatic N) is 2. The maximum Gasteiger partial charge on any atom is 0.273 e. The predicted molar refractivity (Wildman–Crippen MR) is 89.3 cm³/mol. The largest absolute Gasteiger partial charge is 0.383 e. The summed E-state index contributed by atoms with van der Waals surface area (Å²) in [5.41, 5.74) is 1.87. The van der Waals surface area contributed by atoms with Crippen LogP contribution in [0.4, 0.5) is 11.4 Å². The minimum atomic E-state index is -0.336. The van der Waals surface area contributed by atoms with Gasteiger partial charge in [-0.25, -0.2) is 0 Å². The van der Waals surface area contributed by atoms with Gasteiger partial charge in [0.2, 0.25) is 0 Å². The van der Waals surface area contributed by atoms with Gasteiger partial charge in [0.25, 0.3) is 5.69 Å². The molecule has 1 rings (SSSR count). The molecule has 0 N–H and O–H groups in total. The molecule has 0 atom stereocenters. The summed E-state index contributed by atoms with van der Waals surface area (Å²) >= 11 is 3.34. The summed E-state index contributed by atoms with van der Waals surface area (Å²) in [5, 5.41) is 11.5. The lowest BCUT2D eigenvalue weighted by Crippen LogP contribution is -2.37. The number of halogens is 1. The first-order chi connectivity index (χ1) is 10.1. The van der Waals surface area contributed by atoms with Crippen molar-refractivity contribution in [2.24, 2.45) is 0 Å². The lowest BCUT2D eigenvalue weighted by molar-refractivity contribution is -0.385. The lowest BCUT2D eigenvalue weighted by atomic mass is 10.1. The molecule has 0 aliphatic carbocycles. The van der Waals surface area contributed by atoms with Crippen LogP contribution in [-0.4, -0.2) is 31.2 Å². The van der Waals surface area contributed by atoms with Gasteiger partial charge in [0.1, 0.15) is 0 Å². The van der Waals surface area contributed by atoms with Crippen LogP contribution in [-0.2, 0) is 10.1 Å². The van der Waals surface area contributed by atoms with Crippen LogP contribution in [0.25, 0.3) is 0 Å². The Labute approximate surface area is 134 Å². The van der Waals surface area contributed by atoms with E-state index in [4.69, 9.17) is 4.74 Å². The molecule has 5 nitrogen and oxygen atoms in total. The summed E-state index contributed by atoms with van der Waals surface area (Å²) in [6, 6.07) is 5.73. The number of methoxy groups -OCH3 is 1. The second-order valence-electron chi connectivity index (χ2n) is 4.86. The second-order valence-corrected chi connectivity index (χ2v) is 5.42. The maximum atomic E-state index is 11.0. The van der Waals surface area contributed by atoms with Crippen LogP contribution in [0.15, 0.2) is 18.2 Å². The Morgan fingerprint density at radius 2 is 2.05 bits per heavy atom. The van der Waals surface area contributed by atoms with Crippen molar-refractivity contribution in [3.05, 3.63) is 33.9 Å². The van der Waals surface area contributed by atoms with Gasteiger partial charge in [-0.15, -0.1) is 0 Å². The average molecular weight is 359 g/mol. The van der Waals surface area contributed by atoms with Gasteiger partial charge in [-0.1, -0.05) is 29.8 Å². The molecule has 0 amide bonds. The Morgan fingerprint density at radius 1 is 1.38 bits per heavy atom. The zero-order valence-corrected chi connectivity index (χ0v) is 14.4. The minimum absolute atomic E-state index is 0.159. The highest BCUT2D eigenvalue weighted by Crippen LogP contribution is 2.28. The molecule has 0 heterocycles. The molecule has 6 heteroatoms. The Kier molecular flexibility index (Phi) is 7.67. The summed E-state index contributed by atoms with van der Waals surface area (Å²) in [6.07, 6.45) is 2.06. The van der Waals surface area contributed by atoms with Crippen LogP contribution >= 0.6 is 15.9 Å². The molecule has 1 aromatic rings. The number of alkyl halides is 1. The summed E-state index contributed by atoms with van der Waals surface area (Å²) < 4.78 is 5.19. The number of anilines is 1. The molecule has 0 bridgehead atoms. The third-order valence-corrected chi connectivity index (χ3v) is 4.26. The van der Waals surface area contributed by atoms with Crippen LogP contribution in [0.1, 0.15) is 32.3 Å². The van der Waals surface area contributed by atoms with Crippen molar-refractivity contribution in [1.82, 2.24) is 0 Å². The smallest absolute Gasteiger partial charge is 0.273 e. The first kappa shape index (κ1) is 17.9. The molecule has 21 heavy (non-hydrogen) atoms. The van der Waals surface area contributed by atoms with Gasteiger partial charge < -0.3 is 9.64 Å². The van der Waals surface area contributed by atoms with E-state index in [1.807, 2.05) is 12.1 Å². The minimum Gasteiger partial charge on any atom is -0.383 e. The highest BCUT2D eigenvalue weighted by Gasteiger charge is 2.19. The van der Waals surface area contributed by atoms with Crippen LogP contribution in [0.2, 0.25) is 0 Å². The topological polar surface area (TPSA) is 55.6 Å². The van der Waals surface area contributed by atoms with E-state index in [0.29, 0.717) is 23.5 Å². The quantitative estimate of drug-likeness (QED) is 0.378. The van der Waals surface area contributed by atoms with Crippen molar-refractivity contribution >= 4 is 27.3 Å². The van der Waals surface area contributed by atoms with Crippen molar-refractivity contribution in [1.29, 1.82) is 0 Å². The van der Waals surface area contributed by atoms with Crippen molar-refractivity contribution in [2.45, 2.75) is 38.1 Å². The Balaban J connectivity index is 3.14. The van der Waals surface area contributed by atoms with Crippen LogP contribution < -0.4 is 4.90 Å². The molecule has 0 spiro atoms. The normalized spacial score (nSPS) is 10.9. The molecule has 0 saturated heterocycles. The van der Waals surface area contributed by atoms with E-state index in [-0.39, 0.29) is 10.6 Å². The van der Waals surface area contributed by atoms with E-state index in [9.17, 15) is 10.1 Å². The standard InChI is InChI=1S/C15H23BrN2O3/c1-4-13(5-2)17(8-9-21-3)14-6-7-15(18(19)20)12(10-14)11-16/h6-7,10,13H,4-5,8-9,11H2,1-3H3. The van der Waals surface area contributed by atoms with E-state index in [2.05, 4.69) is 34.7 Å². The molecule has 0 radical (unpaired) electrons. The predicted octanol–water partition coefficient (Wildman–Crippen LogP) is 4.13. The maximum absolute atomic E-state index is 11.0. The van der Waals surface area contributed by atoms with E-state index in [1.54, 1.807) is 13.2 Å². The molecule has 0 aliphatic rings. The van der Waals surface area contributed by atoms with Crippen molar-refractivity contribution in [3.8, 4) is 0 Å². The molecule has 0 fully saturated rings. The molecule has 0 saturated carbocycles. The number of hydrogen-bond donors (Lipinski definition) is 0. The van der Waals surface area contributed by atoms with Gasteiger partial charge in [-0.2, -0.15) is 0 Å². The van der Waals surface area contributed by atoms with Gasteiger partial charge >= 0.3 is 0 Å². The Morgan fingerprint density at radius 3 is 2.52 bits per heavy atom. The SMILES string of the molecule is CCC(CC)N(CCOC)c1ccc([N+](=O)[O-])c(CBr)c1. The molecule has 0 aromatic heterocycles. The zero-order valence-electron chi connectivity index (χ0n) is 12.8. The van der Waals surface area contributed by atoms with Crippen molar-refractivity contribution in [3.63, 3.8) is 0 Å². The van der Waals surface area contributed by atoms with Crippen LogP contribution in [0.3, 0.4) is 0 Å². The number of nitro benzene ring substituents is 1. The molecular formula is C15H23BrN2O3. The van der Waals surface area contributed by atoms with Crippen LogP contribution in [0, 0.1) is 10.1 Å². The molecular weight excluding hydrogens is 336 g/mol. The fourth-order valence-electron chi connectivity index (χ4n) is 2.48. The van der Waals surface area contributed by atoms with Gasteiger partial charge in [-0.05, 0) is 25.0 Å². The molecule has 118 valence electrons. The summed E-state index contributed by atoms with van der Waals surface area (Å²) in [7, 11) is 1.69. The van der Waals surface area contributed by atoms with Gasteiger partial charge in [-0.3, -0.25) is 10.1 Å². The fraction of sp³-hybridized carbons (Fsp3) is 0.600. The molecule has 0 unspecified atom stereocenters. The number of nitro groups is 1. The zero-order chi connectivity index (χ0) is 15.8. The summed E-state index contributed by atoms with van der Waals surface area (Å²) in [4.78, 5) is 13.0. The lowest BCUT2D eigenvalue weighted by Gasteiger charge is -2.32. The van der Waals surface area contributed by atoms with Gasteiger partial charge in [0.05, 0.1) is 11.5 Å². The van der Waals surface area contributed by atoms with Crippen molar-refractivity contribution < 1.29 is 9.66 Å². The molecule has 1 aromatic carbocycles. The summed E-state index contributed by atoms with van der Waals surface area (Å²) in [5.74, 6) is 0. The Bertz CT molecular complexity index is 464. The summed E-state index contributed by atoms with van der Waals surface area (Å²) in [6.45, 7) is 5.73. The number of ether oxygens (including phenoxy) is 1. The number of rotatable bonds is 9. The molecule has 0 aliphatic heterocycles. The monoisotopic (exact) mass is 358 g/mol. The third-order valence-electron chi connectivity index (χ3n) is 3.65. The number of benzene rings is 1. The van der Waals surface area contributed by atoms with E-state index in [0.717, 1.165) is 25.1 Å². The van der Waals surface area contributed by atoms with E-state index >= 15 is 0 Å². The third kappa shape index (κ3) is 4.68. The van der Waals surface area contributed by atoms with Gasteiger partial charge in [0.15, 0.2) is 0 Å². The highest BCUT2D eigenvalue weighted by atomic mass is 79.9. The Hall–Kier alpha value is -1.14. The first-order valence-electron chi connectivity index (χ1n) is 7.17. The fourth-order valence-corrected chi connectivity index (χ4v) is 2.93. The van der Waals surface area contributed by atoms with Crippen LogP contribution in [0.5, 0.6) is 0 Å². The first-order valence-corrected chi connectivity index (χ1v) is 8.29. The average Bonchev–Trinajstić information content (AvgIpc) is 2.50. The second kappa shape index (κ2) is 9.00. The van der Waals surface area contributed by atoms with E-state index in [1.165, 1.54) is 0 Å². The van der Waals surface area contributed by atoms with Crippen molar-refractivity contribution in [2.75, 3.05) is 25.2 Å². The van der Waals surface area contributed by atoms with Gasteiger partial charge in [0, 0.05) is 42.3 Å². The van der Waals surface area contributed by atoms with E-state index < -0.39 is 0 Å².